The average molecular weight is 266 g/mol. The van der Waals surface area contributed by atoms with Crippen LogP contribution in [-0.2, 0) is 16.0 Å². The summed E-state index contributed by atoms with van der Waals surface area (Å²) in [5.41, 5.74) is 2.47. The summed E-state index contributed by atoms with van der Waals surface area (Å²) in [5.74, 6) is 1.20. The molecule has 0 bridgehead atoms. The summed E-state index contributed by atoms with van der Waals surface area (Å²) in [5, 5.41) is 0. The number of hydrogen-bond donors (Lipinski definition) is 0. The summed E-state index contributed by atoms with van der Waals surface area (Å²) < 4.78 is 10.8. The Morgan fingerprint density at radius 2 is 1.75 bits per heavy atom. The van der Waals surface area contributed by atoms with E-state index in [1.165, 1.54) is 7.11 Å². The van der Waals surface area contributed by atoms with E-state index in [-0.39, 0.29) is 5.97 Å². The number of methoxy groups -OCH3 is 1. The molecule has 2 aromatic carbocycles. The van der Waals surface area contributed by atoms with Crippen LogP contribution in [0.3, 0.4) is 0 Å². The predicted molar refractivity (Wildman–Crippen MR) is 76.7 cm³/mol. The van der Waals surface area contributed by atoms with Crippen LogP contribution in [0.25, 0.3) is 6.08 Å². The number of benzene rings is 2. The largest absolute Gasteiger partial charge is 0.466 e. The molecule has 1 aliphatic heterocycles. The van der Waals surface area contributed by atoms with Crippen LogP contribution in [-0.4, -0.2) is 13.1 Å². The van der Waals surface area contributed by atoms with Crippen LogP contribution in [0.1, 0.15) is 11.1 Å². The first-order valence-corrected chi connectivity index (χ1v) is 6.41. The van der Waals surface area contributed by atoms with Gasteiger partial charge in [0.1, 0.15) is 11.5 Å². The van der Waals surface area contributed by atoms with E-state index < -0.39 is 0 Å². The van der Waals surface area contributed by atoms with E-state index in [1.54, 1.807) is 0 Å². The second-order valence-corrected chi connectivity index (χ2v) is 4.59. The van der Waals surface area contributed by atoms with Crippen LogP contribution in [0, 0.1) is 0 Å². The molecule has 3 heteroatoms. The molecule has 0 radical (unpaired) electrons. The fourth-order valence-corrected chi connectivity index (χ4v) is 2.27. The molecular formula is C17H14O3. The van der Waals surface area contributed by atoms with Crippen molar-refractivity contribution in [2.75, 3.05) is 7.11 Å². The van der Waals surface area contributed by atoms with E-state index in [0.29, 0.717) is 12.0 Å². The van der Waals surface area contributed by atoms with Gasteiger partial charge in [-0.25, -0.2) is 4.79 Å². The molecule has 0 atom stereocenters. The van der Waals surface area contributed by atoms with Crippen LogP contribution >= 0.6 is 0 Å². The van der Waals surface area contributed by atoms with E-state index in [0.717, 1.165) is 22.6 Å². The van der Waals surface area contributed by atoms with Crippen molar-refractivity contribution in [1.82, 2.24) is 0 Å². The molecule has 100 valence electrons. The number of carbonyl (C=O) groups is 1. The Morgan fingerprint density at radius 1 is 1.05 bits per heavy atom. The van der Waals surface area contributed by atoms with Gasteiger partial charge in [0, 0.05) is 17.6 Å². The van der Waals surface area contributed by atoms with Gasteiger partial charge < -0.3 is 9.47 Å². The molecule has 3 nitrogen and oxygen atoms in total. The molecule has 1 aliphatic rings. The second-order valence-electron chi connectivity index (χ2n) is 4.59. The second kappa shape index (κ2) is 5.21. The molecule has 3 rings (SSSR count). The van der Waals surface area contributed by atoms with Crippen molar-refractivity contribution in [2.45, 2.75) is 6.42 Å². The van der Waals surface area contributed by atoms with E-state index in [1.807, 2.05) is 54.6 Å². The maximum absolute atomic E-state index is 11.9. The zero-order valence-corrected chi connectivity index (χ0v) is 11.1. The highest BCUT2D eigenvalue weighted by Crippen LogP contribution is 2.33. The smallest absolute Gasteiger partial charge is 0.334 e. The van der Waals surface area contributed by atoms with Crippen molar-refractivity contribution in [3.05, 3.63) is 65.2 Å². The Balaban J connectivity index is 2.17. The minimum absolute atomic E-state index is 0.309. The molecular weight excluding hydrogens is 252 g/mol. The van der Waals surface area contributed by atoms with Gasteiger partial charge in [0.15, 0.2) is 0 Å². The summed E-state index contributed by atoms with van der Waals surface area (Å²) >= 11 is 0. The van der Waals surface area contributed by atoms with Gasteiger partial charge in [-0.3, -0.25) is 0 Å². The Kier molecular flexibility index (Phi) is 3.25. The molecule has 0 spiro atoms. The third-order valence-corrected chi connectivity index (χ3v) is 3.27. The number of para-hydroxylation sites is 2. The summed E-state index contributed by atoms with van der Waals surface area (Å²) in [6, 6.07) is 15.4. The third-order valence-electron chi connectivity index (χ3n) is 3.27. The summed E-state index contributed by atoms with van der Waals surface area (Å²) in [4.78, 5) is 11.9. The van der Waals surface area contributed by atoms with Gasteiger partial charge in [-0.05, 0) is 23.8 Å². The highest BCUT2D eigenvalue weighted by molar-refractivity contribution is 5.94. The number of hydrogen-bond acceptors (Lipinski definition) is 3. The van der Waals surface area contributed by atoms with Gasteiger partial charge in [0.2, 0.25) is 0 Å². The van der Waals surface area contributed by atoms with Crippen LogP contribution in [0.15, 0.2) is 54.1 Å². The quantitative estimate of drug-likeness (QED) is 0.740. The third kappa shape index (κ3) is 2.30. The van der Waals surface area contributed by atoms with Gasteiger partial charge in [-0.1, -0.05) is 36.4 Å². The SMILES string of the molecule is COC(=O)/C1=C/c2ccccc2Oc2ccccc2C1. The average Bonchev–Trinajstić information content (AvgIpc) is 2.46. The Labute approximate surface area is 117 Å². The fraction of sp³-hybridized carbons (Fsp3) is 0.118. The van der Waals surface area contributed by atoms with Crippen LogP contribution in [0.5, 0.6) is 11.5 Å². The molecule has 0 saturated carbocycles. The van der Waals surface area contributed by atoms with Crippen molar-refractivity contribution >= 4 is 12.0 Å². The molecule has 0 N–H and O–H groups in total. The zero-order valence-electron chi connectivity index (χ0n) is 11.1. The minimum Gasteiger partial charge on any atom is -0.466 e. The molecule has 0 unspecified atom stereocenters. The van der Waals surface area contributed by atoms with Gasteiger partial charge in [0.25, 0.3) is 0 Å². The molecule has 0 aromatic heterocycles. The van der Waals surface area contributed by atoms with Gasteiger partial charge in [0.05, 0.1) is 7.11 Å². The fourth-order valence-electron chi connectivity index (χ4n) is 2.27. The van der Waals surface area contributed by atoms with Crippen LogP contribution in [0.2, 0.25) is 0 Å². The Morgan fingerprint density at radius 3 is 2.55 bits per heavy atom. The normalized spacial score (nSPS) is 15.6. The first-order chi connectivity index (χ1) is 9.78. The Bertz CT molecular complexity index is 686. The van der Waals surface area contributed by atoms with Crippen molar-refractivity contribution in [3.63, 3.8) is 0 Å². The zero-order chi connectivity index (χ0) is 13.9. The maximum Gasteiger partial charge on any atom is 0.334 e. The summed E-state index contributed by atoms with van der Waals surface area (Å²) in [6.07, 6.45) is 2.33. The number of esters is 1. The summed E-state index contributed by atoms with van der Waals surface area (Å²) in [7, 11) is 1.40. The standard InChI is InChI=1S/C17H14O3/c1-19-17(18)14-10-12-6-2-4-8-15(12)20-16-9-5-3-7-13(16)11-14/h2-10H,11H2,1H3/b14-10+. The van der Waals surface area contributed by atoms with E-state index >= 15 is 0 Å². The number of fused-ring (bicyclic) bond motifs is 2. The van der Waals surface area contributed by atoms with E-state index in [2.05, 4.69) is 0 Å². The first kappa shape index (κ1) is 12.5. The molecule has 0 saturated heterocycles. The van der Waals surface area contributed by atoms with Crippen molar-refractivity contribution in [2.24, 2.45) is 0 Å². The molecule has 0 aliphatic carbocycles. The first-order valence-electron chi connectivity index (χ1n) is 6.41. The summed E-state index contributed by atoms with van der Waals surface area (Å²) in [6.45, 7) is 0. The lowest BCUT2D eigenvalue weighted by molar-refractivity contribution is -0.136. The molecule has 0 amide bonds. The van der Waals surface area contributed by atoms with Crippen LogP contribution in [0.4, 0.5) is 0 Å². The lowest BCUT2D eigenvalue weighted by Gasteiger charge is -2.17. The van der Waals surface area contributed by atoms with Crippen molar-refractivity contribution in [3.8, 4) is 11.5 Å². The number of ether oxygens (including phenoxy) is 2. The minimum atomic E-state index is -0.309. The van der Waals surface area contributed by atoms with Gasteiger partial charge in [-0.2, -0.15) is 0 Å². The molecule has 0 fully saturated rings. The van der Waals surface area contributed by atoms with E-state index in [9.17, 15) is 4.79 Å². The maximum atomic E-state index is 11.9. The lowest BCUT2D eigenvalue weighted by atomic mass is 10.00. The van der Waals surface area contributed by atoms with E-state index in [4.69, 9.17) is 9.47 Å². The van der Waals surface area contributed by atoms with Crippen molar-refractivity contribution in [1.29, 1.82) is 0 Å². The van der Waals surface area contributed by atoms with Gasteiger partial charge in [-0.15, -0.1) is 0 Å². The number of rotatable bonds is 1. The molecule has 20 heavy (non-hydrogen) atoms. The topological polar surface area (TPSA) is 35.5 Å². The van der Waals surface area contributed by atoms with Crippen molar-refractivity contribution < 1.29 is 14.3 Å². The predicted octanol–water partition coefficient (Wildman–Crippen LogP) is 3.59. The Hall–Kier alpha value is -2.55. The molecule has 1 heterocycles. The lowest BCUT2D eigenvalue weighted by Crippen LogP contribution is -2.09. The number of carbonyl (C=O) groups excluding carboxylic acids is 1. The molecule has 2 aromatic rings. The highest BCUT2D eigenvalue weighted by Gasteiger charge is 2.18. The van der Waals surface area contributed by atoms with Gasteiger partial charge >= 0.3 is 5.97 Å². The van der Waals surface area contributed by atoms with Crippen LogP contribution < -0.4 is 4.74 Å². The highest BCUT2D eigenvalue weighted by atomic mass is 16.5. The monoisotopic (exact) mass is 266 g/mol.